The smallest absolute Gasteiger partial charge is 0.310 e. The fraction of sp³-hybridized carbons (Fsp3) is 0.526. The summed E-state index contributed by atoms with van der Waals surface area (Å²) in [4.78, 5) is 18.7. The minimum absolute atomic E-state index is 0.0538. The van der Waals surface area contributed by atoms with E-state index in [1.54, 1.807) is 0 Å². The van der Waals surface area contributed by atoms with E-state index in [0.29, 0.717) is 24.6 Å². The third kappa shape index (κ3) is 4.40. The highest BCUT2D eigenvalue weighted by atomic mass is 32.1. The summed E-state index contributed by atoms with van der Waals surface area (Å²) < 4.78 is 7.56. The number of hydrogen-bond donors (Lipinski definition) is 1. The standard InChI is InChI=1S/C19H26N4O2S/c1-3-14-7-9-15(10-8-14)17-20-19(26)23(21-17)13-22-11-5-6-16(12-22)18(24)25-4-2/h7-10,16H,3-6,11-13H2,1-2H3,(H,20,21,26)/t16-/m0/s1. The van der Waals surface area contributed by atoms with Gasteiger partial charge in [0.2, 0.25) is 4.77 Å². The molecule has 7 heteroatoms. The molecular weight excluding hydrogens is 348 g/mol. The van der Waals surface area contributed by atoms with E-state index in [9.17, 15) is 4.79 Å². The molecule has 3 rings (SSSR count). The van der Waals surface area contributed by atoms with Crippen LogP contribution in [-0.4, -0.2) is 45.3 Å². The number of rotatable bonds is 6. The molecule has 1 aliphatic rings. The van der Waals surface area contributed by atoms with Gasteiger partial charge < -0.3 is 4.74 Å². The number of aromatic nitrogens is 3. The zero-order valence-electron chi connectivity index (χ0n) is 15.4. The van der Waals surface area contributed by atoms with E-state index in [0.717, 1.165) is 37.2 Å². The highest BCUT2D eigenvalue weighted by molar-refractivity contribution is 7.71. The predicted octanol–water partition coefficient (Wildman–Crippen LogP) is 3.40. The summed E-state index contributed by atoms with van der Waals surface area (Å²) in [6, 6.07) is 8.35. The number of carbonyl (C=O) groups excluding carboxylic acids is 1. The summed E-state index contributed by atoms with van der Waals surface area (Å²) in [7, 11) is 0. The molecule has 2 aromatic rings. The fourth-order valence-corrected chi connectivity index (χ4v) is 3.51. The van der Waals surface area contributed by atoms with Gasteiger partial charge in [0.1, 0.15) is 0 Å². The van der Waals surface area contributed by atoms with Crippen molar-refractivity contribution >= 4 is 18.2 Å². The van der Waals surface area contributed by atoms with Gasteiger partial charge in [-0.25, -0.2) is 4.68 Å². The maximum absolute atomic E-state index is 12.0. The molecule has 0 radical (unpaired) electrons. The molecule has 1 aromatic carbocycles. The Kier molecular flexibility index (Phi) is 6.21. The van der Waals surface area contributed by atoms with Crippen LogP contribution >= 0.6 is 12.2 Å². The first kappa shape index (κ1) is 18.8. The van der Waals surface area contributed by atoms with Crippen molar-refractivity contribution < 1.29 is 9.53 Å². The topological polar surface area (TPSA) is 63.1 Å². The predicted molar refractivity (Wildman–Crippen MR) is 103 cm³/mol. The quantitative estimate of drug-likeness (QED) is 0.620. The van der Waals surface area contributed by atoms with E-state index in [1.807, 2.05) is 11.6 Å². The molecule has 1 N–H and O–H groups in total. The first-order valence-corrected chi connectivity index (χ1v) is 9.66. The van der Waals surface area contributed by atoms with Crippen LogP contribution in [0.4, 0.5) is 0 Å². The number of aromatic amines is 1. The zero-order valence-corrected chi connectivity index (χ0v) is 16.2. The molecule has 140 valence electrons. The molecule has 0 aliphatic carbocycles. The number of hydrogen-bond acceptors (Lipinski definition) is 5. The Hall–Kier alpha value is -1.99. The molecule has 6 nitrogen and oxygen atoms in total. The maximum Gasteiger partial charge on any atom is 0.310 e. The van der Waals surface area contributed by atoms with Gasteiger partial charge in [0, 0.05) is 12.1 Å². The van der Waals surface area contributed by atoms with Crippen LogP contribution in [0.1, 0.15) is 32.3 Å². The lowest BCUT2D eigenvalue weighted by Crippen LogP contribution is -2.40. The molecule has 26 heavy (non-hydrogen) atoms. The SMILES string of the molecule is CCOC(=O)[C@H]1CCCN(Cn2[nH]c(-c3ccc(CC)cc3)nc2=S)C1. The first-order valence-electron chi connectivity index (χ1n) is 9.25. The number of H-pyrrole nitrogens is 1. The number of esters is 1. The van der Waals surface area contributed by atoms with Crippen molar-refractivity contribution in [3.63, 3.8) is 0 Å². The van der Waals surface area contributed by atoms with Crippen LogP contribution in [0.5, 0.6) is 0 Å². The molecule has 0 saturated carbocycles. The molecule has 1 fully saturated rings. The summed E-state index contributed by atoms with van der Waals surface area (Å²) in [6.07, 6.45) is 2.89. The van der Waals surface area contributed by atoms with Crippen molar-refractivity contribution in [2.75, 3.05) is 19.7 Å². The molecule has 1 aliphatic heterocycles. The summed E-state index contributed by atoms with van der Waals surface area (Å²) >= 11 is 5.41. The van der Waals surface area contributed by atoms with Crippen LogP contribution in [0.2, 0.25) is 0 Å². The number of benzene rings is 1. The van der Waals surface area contributed by atoms with Crippen LogP contribution in [0.15, 0.2) is 24.3 Å². The lowest BCUT2D eigenvalue weighted by molar-refractivity contribution is -0.150. The third-order valence-electron chi connectivity index (χ3n) is 4.78. The van der Waals surface area contributed by atoms with Crippen LogP contribution in [0.25, 0.3) is 11.4 Å². The van der Waals surface area contributed by atoms with Gasteiger partial charge in [-0.05, 0) is 50.5 Å². The Morgan fingerprint density at radius 3 is 2.81 bits per heavy atom. The average Bonchev–Trinajstić information content (AvgIpc) is 3.03. The maximum atomic E-state index is 12.0. The number of nitrogens with zero attached hydrogens (tertiary/aromatic N) is 3. The average molecular weight is 375 g/mol. The van der Waals surface area contributed by atoms with E-state index >= 15 is 0 Å². The van der Waals surface area contributed by atoms with Crippen molar-refractivity contribution in [2.24, 2.45) is 5.92 Å². The Morgan fingerprint density at radius 2 is 2.12 bits per heavy atom. The minimum Gasteiger partial charge on any atom is -0.466 e. The Balaban J connectivity index is 1.69. The highest BCUT2D eigenvalue weighted by Crippen LogP contribution is 2.20. The number of nitrogens with one attached hydrogen (secondary N) is 1. The number of likely N-dealkylation sites (tertiary alicyclic amines) is 1. The van der Waals surface area contributed by atoms with Crippen molar-refractivity contribution in [1.82, 2.24) is 19.7 Å². The van der Waals surface area contributed by atoms with E-state index in [4.69, 9.17) is 17.0 Å². The first-order chi connectivity index (χ1) is 12.6. The van der Waals surface area contributed by atoms with Gasteiger partial charge in [-0.2, -0.15) is 4.98 Å². The number of piperidine rings is 1. The monoisotopic (exact) mass is 374 g/mol. The molecular formula is C19H26N4O2S. The molecule has 0 unspecified atom stereocenters. The van der Waals surface area contributed by atoms with Crippen LogP contribution < -0.4 is 0 Å². The second-order valence-electron chi connectivity index (χ2n) is 6.64. The van der Waals surface area contributed by atoms with E-state index < -0.39 is 0 Å². The molecule has 1 aromatic heterocycles. The van der Waals surface area contributed by atoms with Crippen molar-refractivity contribution in [2.45, 2.75) is 39.8 Å². The van der Waals surface area contributed by atoms with Gasteiger partial charge in [0.05, 0.1) is 19.2 Å². The molecule has 0 spiro atoms. The summed E-state index contributed by atoms with van der Waals surface area (Å²) in [5.74, 6) is 0.626. The van der Waals surface area contributed by atoms with Crippen LogP contribution in [-0.2, 0) is 22.6 Å². The van der Waals surface area contributed by atoms with Gasteiger partial charge in [-0.15, -0.1) is 0 Å². The lowest BCUT2D eigenvalue weighted by atomic mass is 9.99. The second kappa shape index (κ2) is 8.60. The molecule has 1 saturated heterocycles. The minimum atomic E-state index is -0.0953. The zero-order chi connectivity index (χ0) is 18.5. The van der Waals surface area contributed by atoms with Gasteiger partial charge >= 0.3 is 5.97 Å². The van der Waals surface area contributed by atoms with E-state index in [1.165, 1.54) is 5.56 Å². The summed E-state index contributed by atoms with van der Waals surface area (Å²) in [6.45, 7) is 6.66. The van der Waals surface area contributed by atoms with Gasteiger partial charge in [-0.1, -0.05) is 31.2 Å². The summed E-state index contributed by atoms with van der Waals surface area (Å²) in [5, 5.41) is 3.30. The lowest BCUT2D eigenvalue weighted by Gasteiger charge is -2.31. The Bertz CT molecular complexity index is 797. The van der Waals surface area contributed by atoms with Crippen LogP contribution in [0.3, 0.4) is 0 Å². The van der Waals surface area contributed by atoms with Crippen molar-refractivity contribution in [3.05, 3.63) is 34.6 Å². The Morgan fingerprint density at radius 1 is 1.35 bits per heavy atom. The van der Waals surface area contributed by atoms with Crippen molar-refractivity contribution in [3.8, 4) is 11.4 Å². The number of carbonyl (C=O) groups is 1. The molecule has 0 amide bonds. The third-order valence-corrected chi connectivity index (χ3v) is 5.09. The normalized spacial score (nSPS) is 18.0. The summed E-state index contributed by atoms with van der Waals surface area (Å²) in [5.41, 5.74) is 2.32. The molecule has 0 bridgehead atoms. The second-order valence-corrected chi connectivity index (χ2v) is 7.01. The highest BCUT2D eigenvalue weighted by Gasteiger charge is 2.27. The number of aryl methyl sites for hydroxylation is 1. The van der Waals surface area contributed by atoms with Gasteiger partial charge in [-0.3, -0.25) is 14.8 Å². The van der Waals surface area contributed by atoms with E-state index in [2.05, 4.69) is 46.2 Å². The molecule has 2 heterocycles. The molecule has 1 atom stereocenters. The van der Waals surface area contributed by atoms with Crippen LogP contribution in [0, 0.1) is 10.7 Å². The van der Waals surface area contributed by atoms with Gasteiger partial charge in [0.25, 0.3) is 0 Å². The number of ether oxygens (including phenoxy) is 1. The Labute approximate surface area is 159 Å². The fourth-order valence-electron chi connectivity index (χ4n) is 3.32. The van der Waals surface area contributed by atoms with Gasteiger partial charge in [0.15, 0.2) is 5.82 Å². The van der Waals surface area contributed by atoms with Crippen molar-refractivity contribution in [1.29, 1.82) is 0 Å². The largest absolute Gasteiger partial charge is 0.466 e. The van der Waals surface area contributed by atoms with E-state index in [-0.39, 0.29) is 11.9 Å².